The maximum atomic E-state index is 5.68. The zero-order valence-electron chi connectivity index (χ0n) is 10.7. The molecule has 1 aromatic rings. The van der Waals surface area contributed by atoms with E-state index < -0.39 is 0 Å². The van der Waals surface area contributed by atoms with Crippen LogP contribution in [0.2, 0.25) is 0 Å². The van der Waals surface area contributed by atoms with Gasteiger partial charge in [0, 0.05) is 23.7 Å². The summed E-state index contributed by atoms with van der Waals surface area (Å²) in [6.07, 6.45) is 2.57. The molecule has 0 aromatic heterocycles. The van der Waals surface area contributed by atoms with Gasteiger partial charge >= 0.3 is 0 Å². The molecule has 0 radical (unpaired) electrons. The maximum Gasteiger partial charge on any atom is 0.120 e. The van der Waals surface area contributed by atoms with Gasteiger partial charge in [0.2, 0.25) is 0 Å². The molecule has 0 saturated carbocycles. The zero-order valence-corrected chi connectivity index (χ0v) is 12.3. The number of rotatable bonds is 5. The first-order valence-corrected chi connectivity index (χ1v) is 7.26. The van der Waals surface area contributed by atoms with Gasteiger partial charge in [-0.1, -0.05) is 22.0 Å². The van der Waals surface area contributed by atoms with E-state index in [1.165, 1.54) is 0 Å². The summed E-state index contributed by atoms with van der Waals surface area (Å²) in [7, 11) is 0. The monoisotopic (exact) mass is 313 g/mol. The Morgan fingerprint density at radius 1 is 1.50 bits per heavy atom. The first kappa shape index (κ1) is 13.8. The fraction of sp³-hybridized carbons (Fsp3) is 0.571. The molecule has 1 aliphatic heterocycles. The van der Waals surface area contributed by atoms with Crippen LogP contribution < -0.4 is 10.1 Å². The highest BCUT2D eigenvalue weighted by Gasteiger charge is 2.18. The van der Waals surface area contributed by atoms with Crippen LogP contribution in [0.4, 0.5) is 0 Å². The average molecular weight is 314 g/mol. The predicted molar refractivity (Wildman–Crippen MR) is 76.1 cm³/mol. The van der Waals surface area contributed by atoms with Gasteiger partial charge < -0.3 is 14.8 Å². The molecule has 0 amide bonds. The van der Waals surface area contributed by atoms with Crippen LogP contribution in [0.5, 0.6) is 5.75 Å². The first-order chi connectivity index (χ1) is 8.74. The second kappa shape index (κ2) is 7.12. The van der Waals surface area contributed by atoms with Gasteiger partial charge in [0.05, 0.1) is 6.10 Å². The molecular formula is C14H20BrNO2. The van der Waals surface area contributed by atoms with Crippen LogP contribution >= 0.6 is 15.9 Å². The van der Waals surface area contributed by atoms with Crippen molar-refractivity contribution in [3.8, 4) is 5.75 Å². The van der Waals surface area contributed by atoms with E-state index in [0.29, 0.717) is 18.8 Å². The van der Waals surface area contributed by atoms with E-state index in [4.69, 9.17) is 9.47 Å². The maximum absolute atomic E-state index is 5.68. The fourth-order valence-electron chi connectivity index (χ4n) is 2.17. The van der Waals surface area contributed by atoms with Crippen LogP contribution in [0, 0.1) is 0 Å². The molecule has 100 valence electrons. The number of benzene rings is 1. The molecule has 1 N–H and O–H groups in total. The van der Waals surface area contributed by atoms with Crippen LogP contribution in [-0.4, -0.2) is 31.9 Å². The van der Waals surface area contributed by atoms with E-state index >= 15 is 0 Å². The predicted octanol–water partition coefficient (Wildman–Crippen LogP) is 2.99. The number of hydrogen-bond acceptors (Lipinski definition) is 3. The van der Waals surface area contributed by atoms with Gasteiger partial charge in [-0.05, 0) is 38.0 Å². The summed E-state index contributed by atoms with van der Waals surface area (Å²) in [6.45, 7) is 4.57. The standard InChI is InChI=1S/C14H20BrNO2/c1-11-9-13(5-7-17-11)16-6-8-18-14-4-2-3-12(15)10-14/h2-4,10-11,13,16H,5-9H2,1H3. The lowest BCUT2D eigenvalue weighted by atomic mass is 10.0. The Bertz CT molecular complexity index is 373. The molecule has 1 aromatic carbocycles. The summed E-state index contributed by atoms with van der Waals surface area (Å²) in [5, 5.41) is 3.52. The van der Waals surface area contributed by atoms with Gasteiger partial charge in [-0.15, -0.1) is 0 Å². The normalized spacial score (nSPS) is 23.9. The van der Waals surface area contributed by atoms with E-state index in [2.05, 4.69) is 28.2 Å². The number of ether oxygens (including phenoxy) is 2. The summed E-state index contributed by atoms with van der Waals surface area (Å²) in [6, 6.07) is 8.50. The summed E-state index contributed by atoms with van der Waals surface area (Å²) in [5.41, 5.74) is 0. The average Bonchev–Trinajstić information content (AvgIpc) is 2.35. The smallest absolute Gasteiger partial charge is 0.120 e. The van der Waals surface area contributed by atoms with Crippen molar-refractivity contribution in [1.29, 1.82) is 0 Å². The highest BCUT2D eigenvalue weighted by molar-refractivity contribution is 9.10. The molecule has 4 heteroatoms. The molecule has 0 aliphatic carbocycles. The minimum Gasteiger partial charge on any atom is -0.492 e. The largest absolute Gasteiger partial charge is 0.492 e. The van der Waals surface area contributed by atoms with E-state index in [0.717, 1.165) is 36.2 Å². The molecular weight excluding hydrogens is 294 g/mol. The Morgan fingerprint density at radius 2 is 2.39 bits per heavy atom. The van der Waals surface area contributed by atoms with Gasteiger partial charge in [-0.2, -0.15) is 0 Å². The third-order valence-corrected chi connectivity index (χ3v) is 3.58. The number of halogens is 1. The Kier molecular flexibility index (Phi) is 5.47. The van der Waals surface area contributed by atoms with Gasteiger partial charge in [0.1, 0.15) is 12.4 Å². The van der Waals surface area contributed by atoms with Crippen molar-refractivity contribution in [3.63, 3.8) is 0 Å². The molecule has 18 heavy (non-hydrogen) atoms. The molecule has 3 nitrogen and oxygen atoms in total. The lowest BCUT2D eigenvalue weighted by Crippen LogP contribution is -2.39. The number of hydrogen-bond donors (Lipinski definition) is 1. The van der Waals surface area contributed by atoms with Crippen LogP contribution in [-0.2, 0) is 4.74 Å². The van der Waals surface area contributed by atoms with E-state index in [9.17, 15) is 0 Å². The minimum absolute atomic E-state index is 0.377. The van der Waals surface area contributed by atoms with Crippen molar-refractivity contribution in [2.45, 2.75) is 31.9 Å². The van der Waals surface area contributed by atoms with E-state index in [-0.39, 0.29) is 0 Å². The Morgan fingerprint density at radius 3 is 3.17 bits per heavy atom. The quantitative estimate of drug-likeness (QED) is 0.848. The molecule has 0 bridgehead atoms. The highest BCUT2D eigenvalue weighted by Crippen LogP contribution is 2.17. The third-order valence-electron chi connectivity index (χ3n) is 3.09. The lowest BCUT2D eigenvalue weighted by molar-refractivity contribution is 0.0129. The molecule has 2 atom stereocenters. The Balaban J connectivity index is 1.64. The van der Waals surface area contributed by atoms with Gasteiger partial charge in [0.25, 0.3) is 0 Å². The zero-order chi connectivity index (χ0) is 12.8. The van der Waals surface area contributed by atoms with E-state index in [1.807, 2.05) is 24.3 Å². The van der Waals surface area contributed by atoms with Crippen molar-refractivity contribution < 1.29 is 9.47 Å². The van der Waals surface area contributed by atoms with Gasteiger partial charge in [0.15, 0.2) is 0 Å². The van der Waals surface area contributed by atoms with Crippen molar-refractivity contribution >= 4 is 15.9 Å². The first-order valence-electron chi connectivity index (χ1n) is 6.47. The molecule has 2 unspecified atom stereocenters. The van der Waals surface area contributed by atoms with Crippen LogP contribution in [0.1, 0.15) is 19.8 Å². The topological polar surface area (TPSA) is 30.5 Å². The molecule has 1 saturated heterocycles. The van der Waals surface area contributed by atoms with Gasteiger partial charge in [-0.3, -0.25) is 0 Å². The second-order valence-electron chi connectivity index (χ2n) is 4.66. The molecule has 1 heterocycles. The Labute approximate surface area is 117 Å². The Hall–Kier alpha value is -0.580. The van der Waals surface area contributed by atoms with Crippen LogP contribution in [0.15, 0.2) is 28.7 Å². The molecule has 2 rings (SSSR count). The molecule has 0 spiro atoms. The second-order valence-corrected chi connectivity index (χ2v) is 5.58. The van der Waals surface area contributed by atoms with Gasteiger partial charge in [-0.25, -0.2) is 0 Å². The van der Waals surface area contributed by atoms with E-state index in [1.54, 1.807) is 0 Å². The van der Waals surface area contributed by atoms with Crippen LogP contribution in [0.25, 0.3) is 0 Å². The van der Waals surface area contributed by atoms with Crippen molar-refractivity contribution in [3.05, 3.63) is 28.7 Å². The SMILES string of the molecule is CC1CC(NCCOc2cccc(Br)c2)CCO1. The third kappa shape index (κ3) is 4.59. The summed E-state index contributed by atoms with van der Waals surface area (Å²) >= 11 is 3.43. The lowest BCUT2D eigenvalue weighted by Gasteiger charge is -2.28. The van der Waals surface area contributed by atoms with Crippen molar-refractivity contribution in [2.24, 2.45) is 0 Å². The van der Waals surface area contributed by atoms with Crippen molar-refractivity contribution in [2.75, 3.05) is 19.8 Å². The number of nitrogens with one attached hydrogen (secondary N) is 1. The summed E-state index contributed by atoms with van der Waals surface area (Å²) < 4.78 is 12.2. The molecule has 1 fully saturated rings. The molecule has 1 aliphatic rings. The fourth-order valence-corrected chi connectivity index (χ4v) is 2.55. The highest BCUT2D eigenvalue weighted by atomic mass is 79.9. The van der Waals surface area contributed by atoms with Crippen LogP contribution in [0.3, 0.4) is 0 Å². The summed E-state index contributed by atoms with van der Waals surface area (Å²) in [5.74, 6) is 0.909. The summed E-state index contributed by atoms with van der Waals surface area (Å²) in [4.78, 5) is 0. The van der Waals surface area contributed by atoms with Crippen molar-refractivity contribution in [1.82, 2.24) is 5.32 Å². The minimum atomic E-state index is 0.377.